The summed E-state index contributed by atoms with van der Waals surface area (Å²) in [6.45, 7) is 4.38. The molecule has 1 rings (SSSR count). The van der Waals surface area contributed by atoms with Crippen molar-refractivity contribution in [3.05, 3.63) is 30.1 Å². The highest BCUT2D eigenvalue weighted by atomic mass is 19.1. The number of carbonyl (C=O) groups is 1. The number of rotatable bonds is 7. The lowest BCUT2D eigenvalue weighted by atomic mass is 9.90. The Morgan fingerprint density at radius 2 is 2.00 bits per heavy atom. The SMILES string of the molecule is CC(C)(CCO)CNC(=O)COc1ccc(F)cc1. The molecular formula is C14H20FNO3. The van der Waals surface area contributed by atoms with Crippen molar-refractivity contribution >= 4 is 5.91 Å². The average molecular weight is 269 g/mol. The van der Waals surface area contributed by atoms with E-state index in [0.717, 1.165) is 0 Å². The molecule has 0 fully saturated rings. The quantitative estimate of drug-likeness (QED) is 0.792. The molecule has 2 N–H and O–H groups in total. The van der Waals surface area contributed by atoms with E-state index in [0.29, 0.717) is 18.7 Å². The molecule has 0 unspecified atom stereocenters. The van der Waals surface area contributed by atoms with Crippen LogP contribution < -0.4 is 10.1 Å². The van der Waals surface area contributed by atoms with Gasteiger partial charge < -0.3 is 15.2 Å². The van der Waals surface area contributed by atoms with Crippen LogP contribution in [0, 0.1) is 11.2 Å². The second-order valence-corrected chi connectivity index (χ2v) is 5.16. The molecule has 1 aromatic carbocycles. The van der Waals surface area contributed by atoms with Crippen LogP contribution >= 0.6 is 0 Å². The van der Waals surface area contributed by atoms with Gasteiger partial charge in [0.25, 0.3) is 5.91 Å². The van der Waals surface area contributed by atoms with E-state index in [4.69, 9.17) is 9.84 Å². The fourth-order valence-corrected chi connectivity index (χ4v) is 1.46. The second-order valence-electron chi connectivity index (χ2n) is 5.16. The monoisotopic (exact) mass is 269 g/mol. The maximum Gasteiger partial charge on any atom is 0.257 e. The summed E-state index contributed by atoms with van der Waals surface area (Å²) in [5.41, 5.74) is -0.152. The molecule has 106 valence electrons. The molecule has 0 aliphatic heterocycles. The van der Waals surface area contributed by atoms with Gasteiger partial charge in [-0.15, -0.1) is 0 Å². The van der Waals surface area contributed by atoms with Crippen LogP contribution in [-0.4, -0.2) is 30.8 Å². The Balaban J connectivity index is 2.30. The van der Waals surface area contributed by atoms with Crippen molar-refractivity contribution in [1.29, 1.82) is 0 Å². The van der Waals surface area contributed by atoms with Crippen LogP contribution in [0.25, 0.3) is 0 Å². The van der Waals surface area contributed by atoms with E-state index >= 15 is 0 Å². The highest BCUT2D eigenvalue weighted by molar-refractivity contribution is 5.77. The van der Waals surface area contributed by atoms with Gasteiger partial charge >= 0.3 is 0 Å². The number of amides is 1. The first-order chi connectivity index (χ1) is 8.93. The molecule has 0 spiro atoms. The highest BCUT2D eigenvalue weighted by Crippen LogP contribution is 2.17. The minimum atomic E-state index is -0.345. The number of aliphatic hydroxyl groups is 1. The van der Waals surface area contributed by atoms with Crippen LogP contribution in [0.5, 0.6) is 5.75 Å². The van der Waals surface area contributed by atoms with Crippen LogP contribution in [0.2, 0.25) is 0 Å². The summed E-state index contributed by atoms with van der Waals surface area (Å²) in [4.78, 5) is 11.6. The number of aliphatic hydroxyl groups excluding tert-OH is 1. The number of ether oxygens (including phenoxy) is 1. The maximum absolute atomic E-state index is 12.7. The van der Waals surface area contributed by atoms with Gasteiger partial charge in [-0.2, -0.15) is 0 Å². The molecule has 4 nitrogen and oxygen atoms in total. The first-order valence-electron chi connectivity index (χ1n) is 6.19. The molecule has 0 aromatic heterocycles. The van der Waals surface area contributed by atoms with E-state index in [2.05, 4.69) is 5.32 Å². The zero-order valence-electron chi connectivity index (χ0n) is 11.3. The number of nitrogens with one attached hydrogen (secondary N) is 1. The van der Waals surface area contributed by atoms with E-state index < -0.39 is 0 Å². The summed E-state index contributed by atoms with van der Waals surface area (Å²) in [5.74, 6) is -0.135. The van der Waals surface area contributed by atoms with Gasteiger partial charge in [0.05, 0.1) is 0 Å². The summed E-state index contributed by atoms with van der Waals surface area (Å²) in [7, 11) is 0. The zero-order chi connectivity index (χ0) is 14.3. The van der Waals surface area contributed by atoms with Crippen LogP contribution in [0.15, 0.2) is 24.3 Å². The van der Waals surface area contributed by atoms with E-state index in [1.54, 1.807) is 0 Å². The van der Waals surface area contributed by atoms with Crippen LogP contribution in [0.3, 0.4) is 0 Å². The van der Waals surface area contributed by atoms with Gasteiger partial charge in [0.15, 0.2) is 6.61 Å². The minimum Gasteiger partial charge on any atom is -0.484 e. The summed E-state index contributed by atoms with van der Waals surface area (Å²) in [5, 5.41) is 11.6. The van der Waals surface area contributed by atoms with Crippen molar-refractivity contribution in [2.45, 2.75) is 20.3 Å². The Labute approximate surface area is 112 Å². The molecule has 0 saturated carbocycles. The first-order valence-corrected chi connectivity index (χ1v) is 6.19. The lowest BCUT2D eigenvalue weighted by molar-refractivity contribution is -0.123. The second kappa shape index (κ2) is 7.09. The topological polar surface area (TPSA) is 58.6 Å². The molecule has 1 aromatic rings. The molecule has 5 heteroatoms. The molecule has 0 bridgehead atoms. The fourth-order valence-electron chi connectivity index (χ4n) is 1.46. The molecule has 0 atom stereocenters. The van der Waals surface area contributed by atoms with Crippen molar-refractivity contribution in [3.63, 3.8) is 0 Å². The summed E-state index contributed by atoms with van der Waals surface area (Å²) in [6, 6.07) is 5.49. The van der Waals surface area contributed by atoms with Gasteiger partial charge in [-0.1, -0.05) is 13.8 Å². The third kappa shape index (κ3) is 6.20. The Morgan fingerprint density at radius 1 is 1.37 bits per heavy atom. The molecule has 19 heavy (non-hydrogen) atoms. The van der Waals surface area contributed by atoms with Crippen LogP contribution in [0.1, 0.15) is 20.3 Å². The standard InChI is InChI=1S/C14H20FNO3/c1-14(2,7-8-17)10-16-13(18)9-19-12-5-3-11(15)4-6-12/h3-6,17H,7-10H2,1-2H3,(H,16,18). The highest BCUT2D eigenvalue weighted by Gasteiger charge is 2.18. The van der Waals surface area contributed by atoms with Gasteiger partial charge in [-0.05, 0) is 36.1 Å². The Morgan fingerprint density at radius 3 is 2.58 bits per heavy atom. The van der Waals surface area contributed by atoms with Gasteiger partial charge in [0.1, 0.15) is 11.6 Å². The van der Waals surface area contributed by atoms with Gasteiger partial charge in [-0.3, -0.25) is 4.79 Å². The summed E-state index contributed by atoms with van der Waals surface area (Å²) in [6.07, 6.45) is 0.617. The fraction of sp³-hybridized carbons (Fsp3) is 0.500. The zero-order valence-corrected chi connectivity index (χ0v) is 11.3. The molecule has 0 saturated heterocycles. The van der Waals surface area contributed by atoms with E-state index in [9.17, 15) is 9.18 Å². The van der Waals surface area contributed by atoms with Crippen LogP contribution in [-0.2, 0) is 4.79 Å². The smallest absolute Gasteiger partial charge is 0.257 e. The average Bonchev–Trinajstić information content (AvgIpc) is 2.36. The summed E-state index contributed by atoms with van der Waals surface area (Å²) < 4.78 is 17.9. The van der Waals surface area contributed by atoms with Crippen molar-refractivity contribution in [2.24, 2.45) is 5.41 Å². The number of hydrogen-bond donors (Lipinski definition) is 2. The van der Waals surface area contributed by atoms with Gasteiger partial charge in [-0.25, -0.2) is 4.39 Å². The molecule has 0 radical (unpaired) electrons. The Bertz CT molecular complexity index is 404. The van der Waals surface area contributed by atoms with Crippen molar-refractivity contribution in [1.82, 2.24) is 5.32 Å². The van der Waals surface area contributed by atoms with Crippen LogP contribution in [0.4, 0.5) is 4.39 Å². The van der Waals surface area contributed by atoms with Crippen molar-refractivity contribution < 1.29 is 19.0 Å². The van der Waals surface area contributed by atoms with E-state index in [1.807, 2.05) is 13.8 Å². The molecule has 0 aliphatic carbocycles. The van der Waals surface area contributed by atoms with Gasteiger partial charge in [0, 0.05) is 13.2 Å². The molecule has 0 heterocycles. The Kier molecular flexibility index (Phi) is 5.76. The molecular weight excluding hydrogens is 249 g/mol. The number of hydrogen-bond acceptors (Lipinski definition) is 3. The maximum atomic E-state index is 12.7. The largest absolute Gasteiger partial charge is 0.484 e. The van der Waals surface area contributed by atoms with E-state index in [-0.39, 0.29) is 30.4 Å². The summed E-state index contributed by atoms with van der Waals surface area (Å²) >= 11 is 0. The third-order valence-corrected chi connectivity index (χ3v) is 2.74. The van der Waals surface area contributed by atoms with Gasteiger partial charge in [0.2, 0.25) is 0 Å². The van der Waals surface area contributed by atoms with Crippen molar-refractivity contribution in [2.75, 3.05) is 19.8 Å². The minimum absolute atomic E-state index is 0.0922. The lowest BCUT2D eigenvalue weighted by Gasteiger charge is -2.23. The molecule has 1 amide bonds. The Hall–Kier alpha value is -1.62. The normalized spacial score (nSPS) is 11.2. The van der Waals surface area contributed by atoms with E-state index in [1.165, 1.54) is 24.3 Å². The predicted molar refractivity (Wildman–Crippen MR) is 70.4 cm³/mol. The number of benzene rings is 1. The third-order valence-electron chi connectivity index (χ3n) is 2.74. The molecule has 0 aliphatic rings. The predicted octanol–water partition coefficient (Wildman–Crippen LogP) is 1.73. The van der Waals surface area contributed by atoms with Crippen molar-refractivity contribution in [3.8, 4) is 5.75 Å². The lowest BCUT2D eigenvalue weighted by Crippen LogP contribution is -2.37. The first kappa shape index (κ1) is 15.4. The number of carbonyl (C=O) groups excluding carboxylic acids is 1. The number of halogens is 1.